The average Bonchev–Trinajstić information content (AvgIpc) is 2.26. The predicted octanol–water partition coefficient (Wildman–Crippen LogP) is 0.534. The van der Waals surface area contributed by atoms with Crippen LogP contribution < -0.4 is 5.73 Å². The molecule has 6 heteroatoms. The lowest BCUT2D eigenvalue weighted by atomic mass is 10.1. The van der Waals surface area contributed by atoms with Crippen molar-refractivity contribution in [1.82, 2.24) is 4.90 Å². The zero-order valence-electron chi connectivity index (χ0n) is 9.93. The van der Waals surface area contributed by atoms with Crippen molar-refractivity contribution in [2.24, 2.45) is 5.73 Å². The summed E-state index contributed by atoms with van der Waals surface area (Å²) in [5, 5.41) is 9.14. The summed E-state index contributed by atoms with van der Waals surface area (Å²) in [6.45, 7) is 2.54. The summed E-state index contributed by atoms with van der Waals surface area (Å²) in [5.41, 5.74) is 5.09. The maximum absolute atomic E-state index is 10.6. The highest BCUT2D eigenvalue weighted by Crippen LogP contribution is 2.23. The number of hydrogen-bond donors (Lipinski definition) is 2. The van der Waals surface area contributed by atoms with Crippen LogP contribution in [-0.2, 0) is 9.59 Å². The van der Waals surface area contributed by atoms with Crippen LogP contribution in [0.4, 0.5) is 0 Å². The molecule has 1 rings (SSSR count). The highest BCUT2D eigenvalue weighted by molar-refractivity contribution is 7.99. The number of nitrogens with two attached hydrogens (primary N) is 1. The van der Waals surface area contributed by atoms with Gasteiger partial charge in [0.2, 0.25) is 5.91 Å². The fourth-order valence-electron chi connectivity index (χ4n) is 1.93. The first-order valence-electron chi connectivity index (χ1n) is 5.92. The Morgan fingerprint density at radius 3 is 2.82 bits per heavy atom. The monoisotopic (exact) mass is 260 g/mol. The number of rotatable bonds is 7. The maximum Gasteiger partial charge on any atom is 0.304 e. The Hall–Kier alpha value is -0.750. The van der Waals surface area contributed by atoms with Crippen molar-refractivity contribution < 1.29 is 14.7 Å². The lowest BCUT2D eigenvalue weighted by Crippen LogP contribution is -2.38. The van der Waals surface area contributed by atoms with E-state index in [2.05, 4.69) is 4.90 Å². The van der Waals surface area contributed by atoms with Crippen molar-refractivity contribution in [2.45, 2.75) is 30.9 Å². The molecule has 1 saturated heterocycles. The van der Waals surface area contributed by atoms with Crippen molar-refractivity contribution >= 4 is 23.6 Å². The van der Waals surface area contributed by atoms with Gasteiger partial charge in [0, 0.05) is 30.5 Å². The van der Waals surface area contributed by atoms with Crippen molar-refractivity contribution in [3.8, 4) is 0 Å². The zero-order valence-corrected chi connectivity index (χ0v) is 10.7. The molecule has 0 aliphatic carbocycles. The van der Waals surface area contributed by atoms with Gasteiger partial charge in [-0.2, -0.15) is 11.8 Å². The van der Waals surface area contributed by atoms with Crippen LogP contribution in [0.2, 0.25) is 0 Å². The Morgan fingerprint density at radius 2 is 2.18 bits per heavy atom. The Bertz CT molecular complexity index is 273. The molecule has 5 nitrogen and oxygen atoms in total. The van der Waals surface area contributed by atoms with E-state index in [1.165, 1.54) is 0 Å². The molecule has 17 heavy (non-hydrogen) atoms. The van der Waals surface area contributed by atoms with Gasteiger partial charge in [-0.05, 0) is 19.4 Å². The predicted molar refractivity (Wildman–Crippen MR) is 68.0 cm³/mol. The number of thioether (sulfide) groups is 1. The minimum absolute atomic E-state index is 0.207. The smallest absolute Gasteiger partial charge is 0.304 e. The summed E-state index contributed by atoms with van der Waals surface area (Å²) in [6.07, 6.45) is 2.88. The van der Waals surface area contributed by atoms with Gasteiger partial charge in [0.1, 0.15) is 0 Å². The third-order valence-corrected chi connectivity index (χ3v) is 4.10. The molecule has 1 unspecified atom stereocenters. The first-order valence-corrected chi connectivity index (χ1v) is 6.97. The van der Waals surface area contributed by atoms with Crippen molar-refractivity contribution in [1.29, 1.82) is 0 Å². The van der Waals surface area contributed by atoms with Crippen LogP contribution in [0, 0.1) is 0 Å². The molecule has 0 aromatic carbocycles. The standard InChI is InChI=1S/C11H20N2O3S/c12-10(14)4-7-17-9-2-1-5-13(8-9)6-3-11(15)16/h9H,1-8H2,(H2,12,14)(H,15,16). The van der Waals surface area contributed by atoms with Crippen LogP contribution in [-0.4, -0.2) is 52.5 Å². The molecule has 0 radical (unpaired) electrons. The van der Waals surface area contributed by atoms with Gasteiger partial charge in [0.05, 0.1) is 6.42 Å². The molecular weight excluding hydrogens is 240 g/mol. The van der Waals surface area contributed by atoms with E-state index in [0.29, 0.717) is 18.2 Å². The molecule has 98 valence electrons. The Labute approximate surface area is 106 Å². The molecular formula is C11H20N2O3S. The van der Waals surface area contributed by atoms with E-state index in [0.717, 1.165) is 31.7 Å². The van der Waals surface area contributed by atoms with Crippen LogP contribution in [0.5, 0.6) is 0 Å². The first-order chi connectivity index (χ1) is 8.08. The highest BCUT2D eigenvalue weighted by atomic mass is 32.2. The number of carbonyl (C=O) groups excluding carboxylic acids is 1. The van der Waals surface area contributed by atoms with E-state index in [1.54, 1.807) is 11.8 Å². The highest BCUT2D eigenvalue weighted by Gasteiger charge is 2.20. The number of nitrogens with zero attached hydrogens (tertiary/aromatic N) is 1. The number of likely N-dealkylation sites (tertiary alicyclic amines) is 1. The fraction of sp³-hybridized carbons (Fsp3) is 0.818. The van der Waals surface area contributed by atoms with Gasteiger partial charge in [-0.15, -0.1) is 0 Å². The molecule has 1 heterocycles. The maximum atomic E-state index is 10.6. The number of piperidine rings is 1. The second kappa shape index (κ2) is 7.55. The number of carbonyl (C=O) groups is 2. The van der Waals surface area contributed by atoms with Gasteiger partial charge in [-0.1, -0.05) is 0 Å². The second-order valence-electron chi connectivity index (χ2n) is 4.30. The quantitative estimate of drug-likeness (QED) is 0.698. The van der Waals surface area contributed by atoms with Crippen LogP contribution >= 0.6 is 11.8 Å². The van der Waals surface area contributed by atoms with Crippen molar-refractivity contribution in [3.63, 3.8) is 0 Å². The Balaban J connectivity index is 2.19. The third kappa shape index (κ3) is 6.53. The number of carboxylic acid groups (broad SMARTS) is 1. The molecule has 0 aromatic rings. The zero-order chi connectivity index (χ0) is 12.7. The summed E-state index contributed by atoms with van der Waals surface area (Å²) in [4.78, 5) is 23.3. The number of aliphatic carboxylic acids is 1. The SMILES string of the molecule is NC(=O)CCSC1CCCN(CCC(=O)O)C1. The van der Waals surface area contributed by atoms with E-state index >= 15 is 0 Å². The summed E-state index contributed by atoms with van der Waals surface area (Å²) < 4.78 is 0. The third-order valence-electron chi connectivity index (χ3n) is 2.81. The molecule has 1 amide bonds. The van der Waals surface area contributed by atoms with Gasteiger partial charge in [0.15, 0.2) is 0 Å². The largest absolute Gasteiger partial charge is 0.481 e. The summed E-state index contributed by atoms with van der Waals surface area (Å²) in [7, 11) is 0. The van der Waals surface area contributed by atoms with Gasteiger partial charge < -0.3 is 15.7 Å². The topological polar surface area (TPSA) is 83.6 Å². The second-order valence-corrected chi connectivity index (χ2v) is 5.70. The van der Waals surface area contributed by atoms with E-state index in [-0.39, 0.29) is 12.3 Å². The van der Waals surface area contributed by atoms with E-state index in [1.807, 2.05) is 0 Å². The molecule has 1 aliphatic heterocycles. The van der Waals surface area contributed by atoms with Gasteiger partial charge in [0.25, 0.3) is 0 Å². The van der Waals surface area contributed by atoms with Crippen molar-refractivity contribution in [3.05, 3.63) is 0 Å². The lowest BCUT2D eigenvalue weighted by molar-refractivity contribution is -0.137. The van der Waals surface area contributed by atoms with Gasteiger partial charge in [-0.3, -0.25) is 9.59 Å². The molecule has 0 spiro atoms. The summed E-state index contributed by atoms with van der Waals surface area (Å²) in [5.74, 6) is -0.225. The van der Waals surface area contributed by atoms with E-state index < -0.39 is 5.97 Å². The average molecular weight is 260 g/mol. The molecule has 1 atom stereocenters. The first kappa shape index (κ1) is 14.3. The number of hydrogen-bond acceptors (Lipinski definition) is 4. The normalized spacial score (nSPS) is 21.3. The minimum Gasteiger partial charge on any atom is -0.481 e. The fourth-order valence-corrected chi connectivity index (χ4v) is 3.23. The van der Waals surface area contributed by atoms with Gasteiger partial charge >= 0.3 is 5.97 Å². The van der Waals surface area contributed by atoms with Crippen LogP contribution in [0.15, 0.2) is 0 Å². The van der Waals surface area contributed by atoms with E-state index in [4.69, 9.17) is 10.8 Å². The molecule has 1 aliphatic rings. The number of primary amides is 1. The molecule has 1 fully saturated rings. The van der Waals surface area contributed by atoms with Crippen molar-refractivity contribution in [2.75, 3.05) is 25.4 Å². The minimum atomic E-state index is -0.742. The summed E-state index contributed by atoms with van der Waals surface area (Å²) >= 11 is 1.77. The van der Waals surface area contributed by atoms with E-state index in [9.17, 15) is 9.59 Å². The number of carboxylic acids is 1. The summed E-state index contributed by atoms with van der Waals surface area (Å²) in [6, 6.07) is 0. The number of amides is 1. The molecule has 0 bridgehead atoms. The Morgan fingerprint density at radius 1 is 1.41 bits per heavy atom. The van der Waals surface area contributed by atoms with Crippen LogP contribution in [0.1, 0.15) is 25.7 Å². The molecule has 3 N–H and O–H groups in total. The van der Waals surface area contributed by atoms with Crippen LogP contribution in [0.25, 0.3) is 0 Å². The van der Waals surface area contributed by atoms with Gasteiger partial charge in [-0.25, -0.2) is 0 Å². The molecule has 0 saturated carbocycles. The molecule has 0 aromatic heterocycles. The lowest BCUT2D eigenvalue weighted by Gasteiger charge is -2.31. The Kier molecular flexibility index (Phi) is 6.36. The van der Waals surface area contributed by atoms with Crippen LogP contribution in [0.3, 0.4) is 0 Å².